The highest BCUT2D eigenvalue weighted by atomic mass is 79.9. The molecule has 68 valence electrons. The van der Waals surface area contributed by atoms with E-state index in [1.807, 2.05) is 0 Å². The highest BCUT2D eigenvalue weighted by molar-refractivity contribution is 9.09. The Morgan fingerprint density at radius 3 is 2.91 bits per heavy atom. The van der Waals surface area contributed by atoms with Gasteiger partial charge in [0.05, 0.1) is 12.4 Å². The number of alkyl halides is 1. The number of halogens is 1. The van der Waals surface area contributed by atoms with Crippen LogP contribution in [0.5, 0.6) is 0 Å². The van der Waals surface area contributed by atoms with E-state index in [-0.39, 0.29) is 0 Å². The molecule has 0 heterocycles. The third kappa shape index (κ3) is 8.85. The second-order valence-corrected chi connectivity index (χ2v) is 5.15. The first-order chi connectivity index (χ1) is 5.31. The van der Waals surface area contributed by atoms with Gasteiger partial charge in [0.1, 0.15) is 0 Å². The summed E-state index contributed by atoms with van der Waals surface area (Å²) in [6.45, 7) is 2.69. The van der Waals surface area contributed by atoms with Crippen LogP contribution in [0, 0.1) is 0 Å². The summed E-state index contributed by atoms with van der Waals surface area (Å²) < 4.78 is 15.9. The first-order valence-electron chi connectivity index (χ1n) is 3.46. The average Bonchev–Trinajstić information content (AvgIpc) is 1.99. The maximum absolute atomic E-state index is 10.9. The highest BCUT2D eigenvalue weighted by Gasteiger charge is 1.97. The maximum atomic E-state index is 10.9. The van der Waals surface area contributed by atoms with Crippen molar-refractivity contribution in [3.05, 3.63) is 0 Å². The molecule has 0 aliphatic heterocycles. The van der Waals surface area contributed by atoms with E-state index in [1.165, 1.54) is 0 Å². The van der Waals surface area contributed by atoms with E-state index >= 15 is 0 Å². The van der Waals surface area contributed by atoms with Gasteiger partial charge in [0, 0.05) is 11.1 Å². The third-order valence-electron chi connectivity index (χ3n) is 0.890. The zero-order valence-electron chi connectivity index (χ0n) is 6.55. The summed E-state index contributed by atoms with van der Waals surface area (Å²) in [4.78, 5) is 0. The van der Waals surface area contributed by atoms with Crippen LogP contribution in [0.3, 0.4) is 0 Å². The molecule has 0 aliphatic rings. The minimum atomic E-state index is -1.08. The molecule has 2 nitrogen and oxygen atoms in total. The van der Waals surface area contributed by atoms with Gasteiger partial charge in [-0.15, -0.1) is 0 Å². The van der Waals surface area contributed by atoms with Crippen molar-refractivity contribution in [2.75, 3.05) is 29.2 Å². The Bertz CT molecular complexity index is 111. The molecule has 0 N–H and O–H groups in total. The molecule has 0 radical (unpaired) electrons. The van der Waals surface area contributed by atoms with Crippen LogP contribution in [0.15, 0.2) is 0 Å². The molecule has 0 aliphatic carbocycles. The smallest absolute Gasteiger partial charge is 0.156 e. The zero-order chi connectivity index (χ0) is 8.53. The lowest BCUT2D eigenvalue weighted by atomic mass is 10.9. The van der Waals surface area contributed by atoms with Gasteiger partial charge in [-0.05, 0) is 5.75 Å². The average molecular weight is 261 g/mol. The quantitative estimate of drug-likeness (QED) is 0.516. The molecule has 11 heavy (non-hydrogen) atoms. The molecule has 1 atom stereocenters. The van der Waals surface area contributed by atoms with Crippen molar-refractivity contribution >= 4 is 38.8 Å². The molecule has 5 heteroatoms. The van der Waals surface area contributed by atoms with E-state index in [1.54, 1.807) is 11.8 Å². The topological polar surface area (TPSA) is 26.3 Å². The zero-order valence-corrected chi connectivity index (χ0v) is 9.77. The van der Waals surface area contributed by atoms with Crippen LogP contribution in [0.1, 0.15) is 6.92 Å². The fourth-order valence-corrected chi connectivity index (χ4v) is 2.35. The van der Waals surface area contributed by atoms with Gasteiger partial charge in [0.15, 0.2) is 11.1 Å². The van der Waals surface area contributed by atoms with Crippen LogP contribution in [0.25, 0.3) is 0 Å². The Hall–Kier alpha value is 0.940. The molecule has 0 rings (SSSR count). The predicted molar refractivity (Wildman–Crippen MR) is 55.8 cm³/mol. The van der Waals surface area contributed by atoms with Gasteiger partial charge in [-0.2, -0.15) is 11.8 Å². The lowest BCUT2D eigenvalue weighted by Crippen LogP contribution is -2.05. The van der Waals surface area contributed by atoms with Crippen molar-refractivity contribution in [3.63, 3.8) is 0 Å². The standard InChI is InChI=1S/C6H13BrO2S2/c1-2-10-5-4-9-11(8)6-3-7/h2-6H2,1H3. The summed E-state index contributed by atoms with van der Waals surface area (Å²) in [5.74, 6) is 2.61. The van der Waals surface area contributed by atoms with Gasteiger partial charge in [0.2, 0.25) is 0 Å². The van der Waals surface area contributed by atoms with Crippen LogP contribution in [-0.2, 0) is 15.3 Å². The van der Waals surface area contributed by atoms with Gasteiger partial charge < -0.3 is 0 Å². The Labute approximate surface area is 83.3 Å². The monoisotopic (exact) mass is 260 g/mol. The lowest BCUT2D eigenvalue weighted by molar-refractivity contribution is 0.376. The second-order valence-electron chi connectivity index (χ2n) is 1.72. The lowest BCUT2D eigenvalue weighted by Gasteiger charge is -2.00. The first kappa shape index (κ1) is 11.9. The van der Waals surface area contributed by atoms with Crippen molar-refractivity contribution in [2.45, 2.75) is 6.92 Å². The fraction of sp³-hybridized carbons (Fsp3) is 1.00. The van der Waals surface area contributed by atoms with Gasteiger partial charge in [-0.25, -0.2) is 4.21 Å². The third-order valence-corrected chi connectivity index (χ3v) is 3.64. The van der Waals surface area contributed by atoms with Crippen molar-refractivity contribution in [1.29, 1.82) is 0 Å². The molecule has 1 unspecified atom stereocenters. The molecular formula is C6H13BrO2S2. The summed E-state index contributed by atoms with van der Waals surface area (Å²) in [6, 6.07) is 0. The normalized spacial score (nSPS) is 13.3. The Kier molecular flexibility index (Phi) is 9.80. The SMILES string of the molecule is CCSCCOS(=O)CCBr. The Morgan fingerprint density at radius 1 is 1.64 bits per heavy atom. The van der Waals surface area contributed by atoms with Crippen LogP contribution in [-0.4, -0.2) is 33.4 Å². The first-order valence-corrected chi connectivity index (χ1v) is 6.98. The number of hydrogen-bond donors (Lipinski definition) is 0. The summed E-state index contributed by atoms with van der Waals surface area (Å²) in [5, 5.41) is 0.737. The molecule has 0 saturated carbocycles. The molecule has 0 bridgehead atoms. The Morgan fingerprint density at radius 2 is 2.36 bits per heavy atom. The van der Waals surface area contributed by atoms with Crippen LogP contribution < -0.4 is 0 Å². The minimum absolute atomic E-state index is 0.580. The Balaban J connectivity index is 3.04. The number of rotatable bonds is 7. The summed E-state index contributed by atoms with van der Waals surface area (Å²) in [7, 11) is 0. The van der Waals surface area contributed by atoms with Crippen LogP contribution in [0.4, 0.5) is 0 Å². The molecule has 0 saturated heterocycles. The molecule has 0 fully saturated rings. The summed E-state index contributed by atoms with van der Waals surface area (Å²) >= 11 is 3.91. The summed E-state index contributed by atoms with van der Waals surface area (Å²) in [5.41, 5.74) is 0. The van der Waals surface area contributed by atoms with E-state index in [0.717, 1.165) is 16.8 Å². The maximum Gasteiger partial charge on any atom is 0.156 e. The van der Waals surface area contributed by atoms with E-state index < -0.39 is 11.1 Å². The highest BCUT2D eigenvalue weighted by Crippen LogP contribution is 1.98. The molecular weight excluding hydrogens is 248 g/mol. The predicted octanol–water partition coefficient (Wildman–Crippen LogP) is 1.81. The van der Waals surface area contributed by atoms with E-state index in [0.29, 0.717) is 12.4 Å². The van der Waals surface area contributed by atoms with Crippen molar-refractivity contribution in [3.8, 4) is 0 Å². The minimum Gasteiger partial charge on any atom is -0.290 e. The van der Waals surface area contributed by atoms with Crippen LogP contribution >= 0.6 is 27.7 Å². The molecule has 0 aromatic rings. The van der Waals surface area contributed by atoms with E-state index in [4.69, 9.17) is 4.18 Å². The van der Waals surface area contributed by atoms with Crippen molar-refractivity contribution in [1.82, 2.24) is 0 Å². The van der Waals surface area contributed by atoms with E-state index in [9.17, 15) is 4.21 Å². The number of thioether (sulfide) groups is 1. The second kappa shape index (κ2) is 9.03. The molecule has 0 spiro atoms. The number of hydrogen-bond acceptors (Lipinski definition) is 3. The largest absolute Gasteiger partial charge is 0.290 e. The molecule has 0 aromatic carbocycles. The van der Waals surface area contributed by atoms with Gasteiger partial charge >= 0.3 is 0 Å². The summed E-state index contributed by atoms with van der Waals surface area (Å²) in [6.07, 6.45) is 0. The van der Waals surface area contributed by atoms with Crippen LogP contribution in [0.2, 0.25) is 0 Å². The molecule has 0 amide bonds. The van der Waals surface area contributed by atoms with Crippen molar-refractivity contribution < 1.29 is 8.39 Å². The van der Waals surface area contributed by atoms with E-state index in [2.05, 4.69) is 22.9 Å². The fourth-order valence-electron chi connectivity index (χ4n) is 0.452. The molecule has 0 aromatic heterocycles. The van der Waals surface area contributed by atoms with Gasteiger partial charge in [0.25, 0.3) is 0 Å². The van der Waals surface area contributed by atoms with Gasteiger partial charge in [-0.3, -0.25) is 4.18 Å². The van der Waals surface area contributed by atoms with Gasteiger partial charge in [-0.1, -0.05) is 22.9 Å². The van der Waals surface area contributed by atoms with Crippen molar-refractivity contribution in [2.24, 2.45) is 0 Å².